The summed E-state index contributed by atoms with van der Waals surface area (Å²) in [7, 11) is 0. The molecule has 0 aliphatic rings. The number of hydrogen-bond acceptors (Lipinski definition) is 3. The maximum absolute atomic E-state index is 5.67. The predicted molar refractivity (Wildman–Crippen MR) is 84.1 cm³/mol. The lowest BCUT2D eigenvalue weighted by atomic mass is 10.0. The molecule has 0 aliphatic heterocycles. The Balaban J connectivity index is 2.60. The Morgan fingerprint density at radius 2 is 2.05 bits per heavy atom. The van der Waals surface area contributed by atoms with Gasteiger partial charge in [0.25, 0.3) is 0 Å². The molecule has 0 aliphatic carbocycles. The quantitative estimate of drug-likeness (QED) is 0.665. The molecule has 0 spiro atoms. The molecule has 1 aromatic rings. The molecule has 0 amide bonds. The third-order valence-corrected chi connectivity index (χ3v) is 3.19. The van der Waals surface area contributed by atoms with E-state index in [2.05, 4.69) is 31.8 Å². The number of para-hydroxylation sites is 1. The highest BCUT2D eigenvalue weighted by molar-refractivity contribution is 5.33. The summed E-state index contributed by atoms with van der Waals surface area (Å²) in [6.45, 7) is 12.9. The van der Waals surface area contributed by atoms with Crippen molar-refractivity contribution in [2.24, 2.45) is 5.92 Å². The fourth-order valence-corrected chi connectivity index (χ4v) is 1.91. The third kappa shape index (κ3) is 5.76. The lowest BCUT2D eigenvalue weighted by molar-refractivity contribution is 0.107. The van der Waals surface area contributed by atoms with Crippen LogP contribution >= 0.6 is 0 Å². The summed E-state index contributed by atoms with van der Waals surface area (Å²) in [4.78, 5) is 0. The van der Waals surface area contributed by atoms with E-state index < -0.39 is 0 Å². The van der Waals surface area contributed by atoms with Gasteiger partial charge in [0.2, 0.25) is 0 Å². The molecular weight excluding hydrogens is 250 g/mol. The van der Waals surface area contributed by atoms with Gasteiger partial charge in [0.1, 0.15) is 12.4 Å². The van der Waals surface area contributed by atoms with E-state index in [9.17, 15) is 0 Å². The summed E-state index contributed by atoms with van der Waals surface area (Å²) in [5, 5.41) is 3.56. The highest BCUT2D eigenvalue weighted by Gasteiger charge is 2.13. The summed E-state index contributed by atoms with van der Waals surface area (Å²) in [6, 6.07) is 8.45. The first kappa shape index (κ1) is 16.7. The van der Waals surface area contributed by atoms with Crippen LogP contribution in [0.5, 0.6) is 5.75 Å². The van der Waals surface area contributed by atoms with E-state index in [4.69, 9.17) is 9.47 Å². The van der Waals surface area contributed by atoms with Gasteiger partial charge in [-0.25, -0.2) is 0 Å². The molecule has 1 atom stereocenters. The molecule has 20 heavy (non-hydrogen) atoms. The maximum Gasteiger partial charge on any atom is 0.124 e. The second-order valence-corrected chi connectivity index (χ2v) is 5.10. The van der Waals surface area contributed by atoms with Crippen molar-refractivity contribution in [3.8, 4) is 5.75 Å². The molecule has 0 saturated carbocycles. The van der Waals surface area contributed by atoms with Crippen LogP contribution in [0.4, 0.5) is 0 Å². The van der Waals surface area contributed by atoms with E-state index in [0.29, 0.717) is 18.6 Å². The van der Waals surface area contributed by atoms with Crippen LogP contribution in [0.2, 0.25) is 0 Å². The largest absolute Gasteiger partial charge is 0.489 e. The van der Waals surface area contributed by atoms with Crippen molar-refractivity contribution >= 4 is 0 Å². The van der Waals surface area contributed by atoms with E-state index in [1.54, 1.807) is 6.08 Å². The SMILES string of the molecule is C=CCOc1ccccc1CNC(COCC)C(C)C. The van der Waals surface area contributed by atoms with Gasteiger partial charge in [-0.3, -0.25) is 0 Å². The Bertz CT molecular complexity index is 390. The van der Waals surface area contributed by atoms with Gasteiger partial charge < -0.3 is 14.8 Å². The minimum absolute atomic E-state index is 0.349. The van der Waals surface area contributed by atoms with Gasteiger partial charge in [0, 0.05) is 24.8 Å². The molecule has 0 heterocycles. The number of rotatable bonds is 10. The fraction of sp³-hybridized carbons (Fsp3) is 0.529. The Hall–Kier alpha value is -1.32. The van der Waals surface area contributed by atoms with Gasteiger partial charge in [-0.1, -0.05) is 44.7 Å². The van der Waals surface area contributed by atoms with Gasteiger partial charge in [0.15, 0.2) is 0 Å². The number of ether oxygens (including phenoxy) is 2. The molecule has 3 heteroatoms. The molecule has 0 radical (unpaired) electrons. The fourth-order valence-electron chi connectivity index (χ4n) is 1.91. The van der Waals surface area contributed by atoms with Crippen molar-refractivity contribution in [3.05, 3.63) is 42.5 Å². The third-order valence-electron chi connectivity index (χ3n) is 3.19. The molecule has 1 rings (SSSR count). The van der Waals surface area contributed by atoms with Gasteiger partial charge in [0.05, 0.1) is 6.61 Å². The molecule has 112 valence electrons. The van der Waals surface area contributed by atoms with Gasteiger partial charge in [-0.05, 0) is 18.9 Å². The van der Waals surface area contributed by atoms with Crippen molar-refractivity contribution in [2.75, 3.05) is 19.8 Å². The molecule has 1 aromatic carbocycles. The van der Waals surface area contributed by atoms with Crippen LogP contribution in [0, 0.1) is 5.92 Å². The average molecular weight is 277 g/mol. The summed E-state index contributed by atoms with van der Waals surface area (Å²) >= 11 is 0. The van der Waals surface area contributed by atoms with E-state index in [1.165, 1.54) is 0 Å². The van der Waals surface area contributed by atoms with E-state index in [-0.39, 0.29) is 0 Å². The molecule has 0 saturated heterocycles. The van der Waals surface area contributed by atoms with Crippen molar-refractivity contribution < 1.29 is 9.47 Å². The summed E-state index contributed by atoms with van der Waals surface area (Å²) in [5.74, 6) is 1.45. The highest BCUT2D eigenvalue weighted by atomic mass is 16.5. The first-order valence-corrected chi connectivity index (χ1v) is 7.31. The predicted octanol–water partition coefficient (Wildman–Crippen LogP) is 3.40. The normalized spacial score (nSPS) is 12.4. The average Bonchev–Trinajstić information content (AvgIpc) is 2.45. The van der Waals surface area contributed by atoms with Crippen molar-refractivity contribution in [3.63, 3.8) is 0 Å². The van der Waals surface area contributed by atoms with Crippen molar-refractivity contribution in [1.29, 1.82) is 0 Å². The smallest absolute Gasteiger partial charge is 0.124 e. The minimum atomic E-state index is 0.349. The van der Waals surface area contributed by atoms with E-state index >= 15 is 0 Å². The highest BCUT2D eigenvalue weighted by Crippen LogP contribution is 2.18. The topological polar surface area (TPSA) is 30.5 Å². The molecule has 0 bridgehead atoms. The molecule has 0 aromatic heterocycles. The van der Waals surface area contributed by atoms with E-state index in [1.807, 2.05) is 25.1 Å². The van der Waals surface area contributed by atoms with Crippen molar-refractivity contribution in [2.45, 2.75) is 33.4 Å². The van der Waals surface area contributed by atoms with Crippen LogP contribution in [0.15, 0.2) is 36.9 Å². The standard InChI is InChI=1S/C17H27NO2/c1-5-11-20-17-10-8-7-9-15(17)12-18-16(14(3)4)13-19-6-2/h5,7-10,14,16,18H,1,6,11-13H2,2-4H3. The lowest BCUT2D eigenvalue weighted by Crippen LogP contribution is -2.37. The zero-order valence-electron chi connectivity index (χ0n) is 12.9. The molecular formula is C17H27NO2. The molecule has 3 nitrogen and oxygen atoms in total. The number of benzene rings is 1. The van der Waals surface area contributed by atoms with Crippen LogP contribution in [-0.4, -0.2) is 25.9 Å². The summed E-state index contributed by atoms with van der Waals surface area (Å²) < 4.78 is 11.2. The monoisotopic (exact) mass is 277 g/mol. The number of nitrogens with one attached hydrogen (secondary N) is 1. The minimum Gasteiger partial charge on any atom is -0.489 e. The Labute approximate surface area is 123 Å². The zero-order chi connectivity index (χ0) is 14.8. The summed E-state index contributed by atoms with van der Waals surface area (Å²) in [6.07, 6.45) is 1.76. The molecule has 0 fully saturated rings. The molecule has 1 N–H and O–H groups in total. The Morgan fingerprint density at radius 3 is 2.70 bits per heavy atom. The van der Waals surface area contributed by atoms with Crippen molar-refractivity contribution in [1.82, 2.24) is 5.32 Å². The number of hydrogen-bond donors (Lipinski definition) is 1. The lowest BCUT2D eigenvalue weighted by Gasteiger charge is -2.23. The van der Waals surface area contributed by atoms with Gasteiger partial charge >= 0.3 is 0 Å². The van der Waals surface area contributed by atoms with Crippen LogP contribution in [-0.2, 0) is 11.3 Å². The van der Waals surface area contributed by atoms with Crippen LogP contribution in [0.25, 0.3) is 0 Å². The van der Waals surface area contributed by atoms with E-state index in [0.717, 1.165) is 31.1 Å². The Morgan fingerprint density at radius 1 is 1.30 bits per heavy atom. The van der Waals surface area contributed by atoms with Crippen LogP contribution < -0.4 is 10.1 Å². The first-order valence-electron chi connectivity index (χ1n) is 7.31. The van der Waals surface area contributed by atoms with Gasteiger partial charge in [-0.15, -0.1) is 0 Å². The van der Waals surface area contributed by atoms with Gasteiger partial charge in [-0.2, -0.15) is 0 Å². The second-order valence-electron chi connectivity index (χ2n) is 5.10. The maximum atomic E-state index is 5.67. The summed E-state index contributed by atoms with van der Waals surface area (Å²) in [5.41, 5.74) is 1.16. The first-order chi connectivity index (χ1) is 9.69. The zero-order valence-corrected chi connectivity index (χ0v) is 12.9. The second kappa shape index (κ2) is 9.56. The molecule has 1 unspecified atom stereocenters. The Kier molecular flexibility index (Phi) is 8.00. The van der Waals surface area contributed by atoms with Crippen LogP contribution in [0.1, 0.15) is 26.3 Å². The van der Waals surface area contributed by atoms with Crippen LogP contribution in [0.3, 0.4) is 0 Å².